The first-order valence-electron chi connectivity index (χ1n) is 16.0. The van der Waals surface area contributed by atoms with Crippen molar-refractivity contribution < 1.29 is 33.6 Å². The maximum Gasteiger partial charge on any atom is 0.303 e. The fraction of sp³-hybridized carbons (Fsp3) is 0.875. The normalized spacial score (nSPS) is 29.7. The van der Waals surface area contributed by atoms with Gasteiger partial charge in [0.2, 0.25) is 0 Å². The van der Waals surface area contributed by atoms with Gasteiger partial charge in [0.25, 0.3) is 0 Å². The number of carboxylic acid groups (broad SMARTS) is 1. The van der Waals surface area contributed by atoms with E-state index in [1.807, 2.05) is 0 Å². The third-order valence-corrected chi connectivity index (χ3v) is 8.55. The average molecular weight is 551 g/mol. The van der Waals surface area contributed by atoms with E-state index in [2.05, 4.69) is 19.1 Å². The number of carboxylic acids is 1. The van der Waals surface area contributed by atoms with Crippen LogP contribution in [0.1, 0.15) is 129 Å². The van der Waals surface area contributed by atoms with Gasteiger partial charge in [-0.2, -0.15) is 0 Å². The molecular formula is C32H54O7. The van der Waals surface area contributed by atoms with Gasteiger partial charge in [0.05, 0.1) is 12.2 Å². The van der Waals surface area contributed by atoms with Crippen molar-refractivity contribution in [3.8, 4) is 0 Å². The molecule has 2 saturated heterocycles. The highest BCUT2D eigenvalue weighted by Gasteiger charge is 2.46. The minimum atomic E-state index is -0.750. The summed E-state index contributed by atoms with van der Waals surface area (Å²) in [5, 5.41) is 8.92. The molecule has 1 saturated carbocycles. The summed E-state index contributed by atoms with van der Waals surface area (Å²) in [6.07, 6.45) is 21.4. The van der Waals surface area contributed by atoms with Crippen LogP contribution in [0.4, 0.5) is 0 Å². The molecule has 1 N–H and O–H groups in total. The fourth-order valence-electron chi connectivity index (χ4n) is 6.32. The minimum Gasteiger partial charge on any atom is -0.481 e. The Morgan fingerprint density at radius 2 is 1.46 bits per heavy atom. The van der Waals surface area contributed by atoms with E-state index in [0.717, 1.165) is 90.3 Å². The lowest BCUT2D eigenvalue weighted by Gasteiger charge is -2.31. The molecule has 2 aliphatic heterocycles. The summed E-state index contributed by atoms with van der Waals surface area (Å²) in [4.78, 5) is 23.7. The highest BCUT2D eigenvalue weighted by atomic mass is 16.7. The summed E-state index contributed by atoms with van der Waals surface area (Å²) in [7, 11) is 0. The van der Waals surface area contributed by atoms with E-state index >= 15 is 0 Å². The van der Waals surface area contributed by atoms with Gasteiger partial charge in [-0.3, -0.25) is 9.59 Å². The van der Waals surface area contributed by atoms with Crippen LogP contribution in [0.3, 0.4) is 0 Å². The Kier molecular flexibility index (Phi) is 15.7. The molecule has 224 valence electrons. The number of rotatable bonds is 19. The second-order valence-corrected chi connectivity index (χ2v) is 11.7. The first-order valence-corrected chi connectivity index (χ1v) is 16.0. The van der Waals surface area contributed by atoms with Crippen molar-refractivity contribution in [3.05, 3.63) is 12.2 Å². The number of carbonyl (C=O) groups is 2. The molecule has 0 aromatic rings. The van der Waals surface area contributed by atoms with Crippen LogP contribution in [0.15, 0.2) is 12.2 Å². The van der Waals surface area contributed by atoms with Gasteiger partial charge in [-0.1, -0.05) is 44.8 Å². The summed E-state index contributed by atoms with van der Waals surface area (Å²) in [5.74, 6) is 0.0660. The molecule has 2 unspecified atom stereocenters. The van der Waals surface area contributed by atoms with Crippen molar-refractivity contribution >= 4 is 11.8 Å². The maximum absolute atomic E-state index is 12.8. The third kappa shape index (κ3) is 12.4. The first-order chi connectivity index (χ1) is 19.1. The number of ether oxygens (including phenoxy) is 4. The summed E-state index contributed by atoms with van der Waals surface area (Å²) in [6.45, 7) is 3.71. The number of Topliss-reactive ketones (excluding diaryl/α,β-unsaturated/α-hetero) is 1. The first kappa shape index (κ1) is 32.2. The molecule has 2 heterocycles. The van der Waals surface area contributed by atoms with Crippen molar-refractivity contribution in [2.45, 2.75) is 154 Å². The predicted octanol–water partition coefficient (Wildman–Crippen LogP) is 7.36. The van der Waals surface area contributed by atoms with Gasteiger partial charge in [0.1, 0.15) is 5.78 Å². The lowest BCUT2D eigenvalue weighted by Crippen LogP contribution is -2.32. The molecule has 0 aromatic carbocycles. The highest BCUT2D eigenvalue weighted by Crippen LogP contribution is 2.43. The summed E-state index contributed by atoms with van der Waals surface area (Å²) >= 11 is 0. The molecule has 39 heavy (non-hydrogen) atoms. The zero-order chi connectivity index (χ0) is 27.7. The topological polar surface area (TPSA) is 91.3 Å². The molecule has 0 bridgehead atoms. The molecule has 7 nitrogen and oxygen atoms in total. The Labute approximate surface area is 236 Å². The van der Waals surface area contributed by atoms with E-state index in [1.165, 1.54) is 19.3 Å². The van der Waals surface area contributed by atoms with E-state index in [4.69, 9.17) is 24.1 Å². The molecule has 0 radical (unpaired) electrons. The predicted molar refractivity (Wildman–Crippen MR) is 151 cm³/mol. The summed E-state index contributed by atoms with van der Waals surface area (Å²) < 4.78 is 25.1. The van der Waals surface area contributed by atoms with Crippen LogP contribution in [0.2, 0.25) is 0 Å². The maximum atomic E-state index is 12.8. The Balaban J connectivity index is 1.64. The van der Waals surface area contributed by atoms with Crippen LogP contribution in [-0.2, 0) is 28.5 Å². The molecular weight excluding hydrogens is 496 g/mol. The van der Waals surface area contributed by atoms with Crippen molar-refractivity contribution in [1.82, 2.24) is 0 Å². The Morgan fingerprint density at radius 3 is 2.08 bits per heavy atom. The number of hydrogen-bond donors (Lipinski definition) is 1. The fourth-order valence-corrected chi connectivity index (χ4v) is 6.32. The molecule has 1 aliphatic carbocycles. The number of hydrogen-bond acceptors (Lipinski definition) is 6. The number of unbranched alkanes of at least 4 members (excludes halogenated alkanes) is 5. The third-order valence-electron chi connectivity index (χ3n) is 8.55. The van der Waals surface area contributed by atoms with Crippen molar-refractivity contribution in [2.75, 3.05) is 13.2 Å². The second kappa shape index (κ2) is 19.0. The van der Waals surface area contributed by atoms with Crippen molar-refractivity contribution in [1.29, 1.82) is 0 Å². The van der Waals surface area contributed by atoms with Crippen molar-refractivity contribution in [3.63, 3.8) is 0 Å². The minimum absolute atomic E-state index is 0.00413. The van der Waals surface area contributed by atoms with E-state index in [1.54, 1.807) is 0 Å². The number of carbonyl (C=O) groups excluding carboxylic acids is 1. The van der Waals surface area contributed by atoms with Gasteiger partial charge in [0, 0.05) is 38.9 Å². The summed E-state index contributed by atoms with van der Waals surface area (Å²) in [5.41, 5.74) is 0. The zero-order valence-electron chi connectivity index (χ0n) is 24.4. The Morgan fingerprint density at radius 1 is 0.795 bits per heavy atom. The second-order valence-electron chi connectivity index (χ2n) is 11.7. The van der Waals surface area contributed by atoms with Gasteiger partial charge in [-0.25, -0.2) is 0 Å². The lowest BCUT2D eigenvalue weighted by atomic mass is 9.85. The monoisotopic (exact) mass is 550 g/mol. The van der Waals surface area contributed by atoms with Crippen LogP contribution in [0.25, 0.3) is 0 Å². The van der Waals surface area contributed by atoms with Gasteiger partial charge in [0.15, 0.2) is 12.6 Å². The molecule has 3 fully saturated rings. The van der Waals surface area contributed by atoms with Crippen molar-refractivity contribution in [2.24, 2.45) is 11.8 Å². The highest BCUT2D eigenvalue weighted by molar-refractivity contribution is 5.78. The molecule has 7 heteroatoms. The zero-order valence-corrected chi connectivity index (χ0v) is 24.4. The molecule has 0 amide bonds. The van der Waals surface area contributed by atoms with E-state index in [0.29, 0.717) is 25.0 Å². The summed E-state index contributed by atoms with van der Waals surface area (Å²) in [6, 6.07) is 0. The Hall–Kier alpha value is -1.28. The van der Waals surface area contributed by atoms with Gasteiger partial charge in [-0.05, 0) is 82.5 Å². The Bertz CT molecular complexity index is 711. The molecule has 6 atom stereocenters. The lowest BCUT2D eigenvalue weighted by molar-refractivity contribution is -0.204. The molecule has 3 aliphatic rings. The largest absolute Gasteiger partial charge is 0.481 e. The van der Waals surface area contributed by atoms with E-state index in [9.17, 15) is 9.59 Å². The van der Waals surface area contributed by atoms with Crippen LogP contribution in [0, 0.1) is 11.8 Å². The van der Waals surface area contributed by atoms with E-state index in [-0.39, 0.29) is 43.0 Å². The average Bonchev–Trinajstić information content (AvgIpc) is 3.25. The van der Waals surface area contributed by atoms with Crippen LogP contribution >= 0.6 is 0 Å². The standard InChI is InChI=1S/C32H54O7/c1-2-3-4-5-8-15-25(33)20-21-27-26(16-9-6-7-10-17-30(34)35)28(38-31-18-11-13-22-36-31)24-29(27)39-32-19-12-14-23-37-32/h6,9,26-29,31-32H,2-5,7-8,10-24H2,1H3,(H,34,35)/b9-6-/t26-,27-,28+,29-,31?,32?/m1/s1. The quantitative estimate of drug-likeness (QED) is 0.133. The molecule has 0 spiro atoms. The SMILES string of the molecule is CCCCCCCC(=O)CC[C@@H]1[C@@H](C/C=C\CCCC(=O)O)[C@@H](OC2CCCCO2)C[C@H]1OC1CCCCO1. The number of allylic oxidation sites excluding steroid dienone is 2. The van der Waals surface area contributed by atoms with E-state index < -0.39 is 5.97 Å². The molecule has 0 aromatic heterocycles. The molecule has 3 rings (SSSR count). The van der Waals surface area contributed by atoms with Crippen LogP contribution < -0.4 is 0 Å². The smallest absolute Gasteiger partial charge is 0.303 e. The number of ketones is 1. The van der Waals surface area contributed by atoms with Crippen LogP contribution in [-0.4, -0.2) is 54.9 Å². The van der Waals surface area contributed by atoms with Crippen LogP contribution in [0.5, 0.6) is 0 Å². The van der Waals surface area contributed by atoms with Gasteiger partial charge >= 0.3 is 5.97 Å². The van der Waals surface area contributed by atoms with Gasteiger partial charge in [-0.15, -0.1) is 0 Å². The number of aliphatic carboxylic acids is 1. The van der Waals surface area contributed by atoms with Gasteiger partial charge < -0.3 is 24.1 Å².